The van der Waals surface area contributed by atoms with Gasteiger partial charge in [0.25, 0.3) is 5.91 Å². The molecule has 3 aromatic heterocycles. The van der Waals surface area contributed by atoms with Gasteiger partial charge in [-0.3, -0.25) is 19.7 Å². The fraction of sp³-hybridized carbons (Fsp3) is 0.357. The molecular weight excluding hydrogens is 454 g/mol. The van der Waals surface area contributed by atoms with Gasteiger partial charge in [0.1, 0.15) is 11.7 Å². The molecular formula is C28H31N5O3. The summed E-state index contributed by atoms with van der Waals surface area (Å²) in [5.74, 6) is 6.24. The van der Waals surface area contributed by atoms with Crippen molar-refractivity contribution in [3.05, 3.63) is 83.6 Å². The van der Waals surface area contributed by atoms with Crippen LogP contribution in [0.5, 0.6) is 5.88 Å². The molecule has 0 fully saturated rings. The minimum atomic E-state index is -0.340. The van der Waals surface area contributed by atoms with Crippen molar-refractivity contribution in [1.29, 1.82) is 0 Å². The number of carbonyl (C=O) groups excluding carboxylic acids is 1. The molecule has 36 heavy (non-hydrogen) atoms. The number of aliphatic hydroxyl groups excluding tert-OH is 1. The van der Waals surface area contributed by atoms with Crippen LogP contribution in [0.4, 0.5) is 0 Å². The van der Waals surface area contributed by atoms with E-state index in [-0.39, 0.29) is 30.6 Å². The van der Waals surface area contributed by atoms with Gasteiger partial charge in [-0.05, 0) is 49.9 Å². The molecule has 4 rings (SSSR count). The SMILES string of the molecule is C[C@@H]1CN([C@H](C)CO)C(=O)c2cc(C#Cc3ccncc3)cnc2O[C@H]1CN(C)Cc1ccncc1. The second-order valence-corrected chi connectivity index (χ2v) is 9.24. The van der Waals surface area contributed by atoms with E-state index in [1.165, 1.54) is 0 Å². The summed E-state index contributed by atoms with van der Waals surface area (Å²) in [7, 11) is 2.04. The number of nitrogens with zero attached hydrogens (tertiary/aromatic N) is 5. The zero-order chi connectivity index (χ0) is 25.5. The van der Waals surface area contributed by atoms with Crippen LogP contribution < -0.4 is 4.74 Å². The highest BCUT2D eigenvalue weighted by atomic mass is 16.5. The topological polar surface area (TPSA) is 91.7 Å². The van der Waals surface area contributed by atoms with Crippen LogP contribution >= 0.6 is 0 Å². The summed E-state index contributed by atoms with van der Waals surface area (Å²) in [5.41, 5.74) is 2.94. The first-order valence-electron chi connectivity index (χ1n) is 12.0. The van der Waals surface area contributed by atoms with Gasteiger partial charge in [0.15, 0.2) is 0 Å². The van der Waals surface area contributed by atoms with Gasteiger partial charge in [0, 0.05) is 67.7 Å². The quantitative estimate of drug-likeness (QED) is 0.537. The van der Waals surface area contributed by atoms with E-state index >= 15 is 0 Å². The highest BCUT2D eigenvalue weighted by Gasteiger charge is 2.34. The largest absolute Gasteiger partial charge is 0.472 e. The van der Waals surface area contributed by atoms with Crippen molar-refractivity contribution in [2.45, 2.75) is 32.5 Å². The molecule has 3 aromatic rings. The number of likely N-dealkylation sites (N-methyl/N-ethyl adjacent to an activating group) is 1. The molecule has 0 saturated carbocycles. The third kappa shape index (κ3) is 6.25. The molecule has 0 radical (unpaired) electrons. The second kappa shape index (κ2) is 11.8. The van der Waals surface area contributed by atoms with Crippen molar-refractivity contribution in [2.24, 2.45) is 5.92 Å². The molecule has 186 valence electrons. The van der Waals surface area contributed by atoms with Crippen molar-refractivity contribution in [2.75, 3.05) is 26.7 Å². The maximum absolute atomic E-state index is 13.6. The van der Waals surface area contributed by atoms with Gasteiger partial charge in [-0.15, -0.1) is 0 Å². The van der Waals surface area contributed by atoms with Gasteiger partial charge in [0.05, 0.1) is 12.6 Å². The number of carbonyl (C=O) groups is 1. The van der Waals surface area contributed by atoms with E-state index in [1.807, 2.05) is 38.2 Å². The zero-order valence-electron chi connectivity index (χ0n) is 20.8. The average Bonchev–Trinajstić information content (AvgIpc) is 2.90. The molecule has 1 amide bonds. The van der Waals surface area contributed by atoms with Crippen LogP contribution in [-0.2, 0) is 6.54 Å². The molecule has 0 spiro atoms. The zero-order valence-corrected chi connectivity index (χ0v) is 20.8. The van der Waals surface area contributed by atoms with Crippen molar-refractivity contribution in [3.63, 3.8) is 0 Å². The third-order valence-electron chi connectivity index (χ3n) is 6.25. The Morgan fingerprint density at radius 1 is 1.14 bits per heavy atom. The Labute approximate surface area is 212 Å². The van der Waals surface area contributed by atoms with Gasteiger partial charge in [-0.1, -0.05) is 18.8 Å². The van der Waals surface area contributed by atoms with Crippen LogP contribution in [0, 0.1) is 17.8 Å². The van der Waals surface area contributed by atoms with E-state index in [0.717, 1.165) is 17.7 Å². The Hall–Kier alpha value is -3.80. The maximum atomic E-state index is 13.6. The lowest BCUT2D eigenvalue weighted by Crippen LogP contribution is -2.49. The number of ether oxygens (including phenoxy) is 1. The summed E-state index contributed by atoms with van der Waals surface area (Å²) in [6.07, 6.45) is 8.35. The first-order chi connectivity index (χ1) is 17.4. The predicted octanol–water partition coefficient (Wildman–Crippen LogP) is 2.62. The van der Waals surface area contributed by atoms with Gasteiger partial charge in [-0.25, -0.2) is 4.98 Å². The molecule has 0 saturated heterocycles. The van der Waals surface area contributed by atoms with Crippen LogP contribution in [0.15, 0.2) is 61.3 Å². The van der Waals surface area contributed by atoms with Gasteiger partial charge < -0.3 is 14.7 Å². The van der Waals surface area contributed by atoms with Crippen molar-refractivity contribution in [3.8, 4) is 17.7 Å². The van der Waals surface area contributed by atoms with E-state index in [2.05, 4.69) is 38.6 Å². The summed E-state index contributed by atoms with van der Waals surface area (Å²) in [4.78, 5) is 30.0. The number of aliphatic hydroxyl groups is 1. The van der Waals surface area contributed by atoms with Crippen molar-refractivity contribution < 1.29 is 14.6 Å². The fourth-order valence-electron chi connectivity index (χ4n) is 4.14. The molecule has 0 bridgehead atoms. The molecule has 1 aliphatic rings. The summed E-state index contributed by atoms with van der Waals surface area (Å²) in [5, 5.41) is 9.86. The number of amides is 1. The molecule has 8 nitrogen and oxygen atoms in total. The lowest BCUT2D eigenvalue weighted by atomic mass is 9.99. The van der Waals surface area contributed by atoms with E-state index in [9.17, 15) is 9.90 Å². The van der Waals surface area contributed by atoms with E-state index in [4.69, 9.17) is 4.74 Å². The summed E-state index contributed by atoms with van der Waals surface area (Å²) >= 11 is 0. The standard InChI is InChI=1S/C28H31N5O3/c1-20-16-33(21(2)19-34)28(35)25-14-24(5-4-22-6-10-29-11-7-22)15-31-27(25)36-26(20)18-32(3)17-23-8-12-30-13-9-23/h6-15,20-21,26,34H,16-19H2,1-3H3/t20-,21-,26+/m1/s1. The van der Waals surface area contributed by atoms with Gasteiger partial charge >= 0.3 is 0 Å². The first-order valence-corrected chi connectivity index (χ1v) is 12.0. The lowest BCUT2D eigenvalue weighted by Gasteiger charge is -2.37. The van der Waals surface area contributed by atoms with Crippen LogP contribution in [0.1, 0.15) is 40.9 Å². The molecule has 0 unspecified atom stereocenters. The number of pyridine rings is 3. The summed E-state index contributed by atoms with van der Waals surface area (Å²) in [6, 6.07) is 9.01. The fourth-order valence-corrected chi connectivity index (χ4v) is 4.14. The van der Waals surface area contributed by atoms with Gasteiger partial charge in [0.2, 0.25) is 5.88 Å². The lowest BCUT2D eigenvalue weighted by molar-refractivity contribution is 0.0325. The minimum absolute atomic E-state index is 0.0175. The van der Waals surface area contributed by atoms with Crippen molar-refractivity contribution >= 4 is 5.91 Å². The number of aromatic nitrogens is 3. The van der Waals surface area contributed by atoms with Gasteiger partial charge in [-0.2, -0.15) is 0 Å². The second-order valence-electron chi connectivity index (χ2n) is 9.24. The third-order valence-corrected chi connectivity index (χ3v) is 6.25. The monoisotopic (exact) mass is 485 g/mol. The minimum Gasteiger partial charge on any atom is -0.472 e. The summed E-state index contributed by atoms with van der Waals surface area (Å²) in [6.45, 7) is 5.63. The molecule has 3 atom stereocenters. The highest BCUT2D eigenvalue weighted by molar-refractivity contribution is 5.97. The van der Waals surface area contributed by atoms with Crippen molar-refractivity contribution in [1.82, 2.24) is 24.8 Å². The van der Waals surface area contributed by atoms with E-state index in [0.29, 0.717) is 30.1 Å². The maximum Gasteiger partial charge on any atom is 0.259 e. The predicted molar refractivity (Wildman–Crippen MR) is 136 cm³/mol. The number of fused-ring (bicyclic) bond motifs is 1. The van der Waals surface area contributed by atoms with Crippen LogP contribution in [0.25, 0.3) is 0 Å². The average molecular weight is 486 g/mol. The molecule has 1 aliphatic heterocycles. The van der Waals surface area contributed by atoms with E-state index < -0.39 is 0 Å². The normalized spacial score (nSPS) is 18.4. The number of rotatable bonds is 6. The Morgan fingerprint density at radius 3 is 2.50 bits per heavy atom. The Bertz CT molecular complexity index is 1230. The molecule has 8 heteroatoms. The van der Waals surface area contributed by atoms with Crippen LogP contribution in [0.3, 0.4) is 0 Å². The Balaban J connectivity index is 1.63. The molecule has 0 aliphatic carbocycles. The van der Waals surface area contributed by atoms with Crippen LogP contribution in [-0.4, -0.2) is 74.7 Å². The number of hydrogen-bond acceptors (Lipinski definition) is 7. The van der Waals surface area contributed by atoms with E-state index in [1.54, 1.807) is 42.0 Å². The molecule has 1 N–H and O–H groups in total. The molecule has 0 aromatic carbocycles. The summed E-state index contributed by atoms with van der Waals surface area (Å²) < 4.78 is 6.38. The Morgan fingerprint density at radius 2 is 1.81 bits per heavy atom. The first kappa shape index (κ1) is 25.3. The van der Waals surface area contributed by atoms with Crippen LogP contribution in [0.2, 0.25) is 0 Å². The molecule has 4 heterocycles. The number of hydrogen-bond donors (Lipinski definition) is 1. The Kier molecular flexibility index (Phi) is 8.26. The highest BCUT2D eigenvalue weighted by Crippen LogP contribution is 2.27. The smallest absolute Gasteiger partial charge is 0.259 e.